The van der Waals surface area contributed by atoms with E-state index in [-0.39, 0.29) is 0 Å². The van der Waals surface area contributed by atoms with Crippen LogP contribution in [0.25, 0.3) is 11.1 Å². The van der Waals surface area contributed by atoms with Crippen LogP contribution in [0.15, 0.2) is 60.7 Å². The highest BCUT2D eigenvalue weighted by Gasteiger charge is 2.30. The van der Waals surface area contributed by atoms with Crippen molar-refractivity contribution in [3.8, 4) is 22.6 Å². The molecule has 4 rings (SSSR count). The quantitative estimate of drug-likeness (QED) is 0.662. The van der Waals surface area contributed by atoms with Gasteiger partial charge in [0, 0.05) is 42.2 Å². The number of anilines is 2. The van der Waals surface area contributed by atoms with Gasteiger partial charge < -0.3 is 14.4 Å². The molecule has 1 unspecified atom stereocenters. The second-order valence-electron chi connectivity index (χ2n) is 7.50. The van der Waals surface area contributed by atoms with Crippen molar-refractivity contribution in [2.24, 2.45) is 0 Å². The van der Waals surface area contributed by atoms with Crippen LogP contribution < -0.4 is 19.1 Å². The summed E-state index contributed by atoms with van der Waals surface area (Å²) in [5.74, 6) is 1.52. The molecular formula is C23H24N2O4S. The lowest BCUT2D eigenvalue weighted by Gasteiger charge is -2.32. The molecule has 30 heavy (non-hydrogen) atoms. The van der Waals surface area contributed by atoms with E-state index < -0.39 is 16.1 Å². The normalized spacial score (nSPS) is 14.9. The number of methoxy groups -OCH3 is 1. The first kappa shape index (κ1) is 20.1. The minimum atomic E-state index is -3.40. The third-order valence-electron chi connectivity index (χ3n) is 5.03. The Morgan fingerprint density at radius 2 is 1.80 bits per heavy atom. The van der Waals surface area contributed by atoms with Crippen molar-refractivity contribution in [2.75, 3.05) is 37.1 Å². The molecule has 0 aliphatic carbocycles. The Morgan fingerprint density at radius 3 is 2.50 bits per heavy atom. The van der Waals surface area contributed by atoms with E-state index in [1.807, 2.05) is 73.6 Å². The first-order valence-electron chi connectivity index (χ1n) is 9.50. The molecule has 1 N–H and O–H groups in total. The fourth-order valence-corrected chi connectivity index (χ4v) is 4.34. The van der Waals surface area contributed by atoms with E-state index >= 15 is 0 Å². The van der Waals surface area contributed by atoms with Crippen molar-refractivity contribution >= 4 is 21.4 Å². The number of ether oxygens (including phenoxy) is 2. The molecule has 3 aromatic carbocycles. The monoisotopic (exact) mass is 424 g/mol. The molecule has 7 heteroatoms. The van der Waals surface area contributed by atoms with Gasteiger partial charge >= 0.3 is 0 Å². The van der Waals surface area contributed by atoms with Crippen LogP contribution in [0, 0.1) is 0 Å². The van der Waals surface area contributed by atoms with Gasteiger partial charge in [-0.25, -0.2) is 8.42 Å². The number of sulfonamides is 1. The maximum Gasteiger partial charge on any atom is 0.229 e. The highest BCUT2D eigenvalue weighted by molar-refractivity contribution is 7.92. The van der Waals surface area contributed by atoms with E-state index in [0.29, 0.717) is 5.69 Å². The largest absolute Gasteiger partial charge is 0.497 e. The summed E-state index contributed by atoms with van der Waals surface area (Å²) in [6, 6.07) is 19.3. The second kappa shape index (κ2) is 7.57. The summed E-state index contributed by atoms with van der Waals surface area (Å²) in [6.45, 7) is 0. The van der Waals surface area contributed by atoms with Gasteiger partial charge in [0.2, 0.25) is 10.0 Å². The Kier molecular flexibility index (Phi) is 5.07. The molecule has 1 aliphatic heterocycles. The molecule has 6 nitrogen and oxygen atoms in total. The molecule has 156 valence electrons. The molecular weight excluding hydrogens is 400 g/mol. The fraction of sp³-hybridized carbons (Fsp3) is 0.217. The fourth-order valence-electron chi connectivity index (χ4n) is 3.79. The van der Waals surface area contributed by atoms with Crippen LogP contribution in [0.5, 0.6) is 11.5 Å². The van der Waals surface area contributed by atoms with Crippen LogP contribution in [-0.2, 0) is 10.0 Å². The van der Waals surface area contributed by atoms with Gasteiger partial charge in [-0.3, -0.25) is 4.72 Å². The van der Waals surface area contributed by atoms with Crippen molar-refractivity contribution in [1.29, 1.82) is 0 Å². The standard InChI is InChI=1S/C23H24N2O4S/c1-25(2)20-9-6-10-21-22(20)18-12-11-16(24-30(4,26)27)14-19(18)23(29-21)15-7-5-8-17(13-15)28-3/h5-14,23-24H,1-4H3. The minimum Gasteiger partial charge on any atom is -0.497 e. The summed E-state index contributed by atoms with van der Waals surface area (Å²) in [7, 11) is 2.21. The van der Waals surface area contributed by atoms with E-state index in [9.17, 15) is 8.42 Å². The smallest absolute Gasteiger partial charge is 0.229 e. The molecule has 0 spiro atoms. The predicted octanol–water partition coefficient (Wildman–Crippen LogP) is 4.28. The molecule has 3 aromatic rings. The Balaban J connectivity index is 1.94. The third-order valence-corrected chi connectivity index (χ3v) is 5.64. The SMILES string of the molecule is COc1cccc(C2Oc3cccc(N(C)C)c3-c3ccc(NS(C)(=O)=O)cc32)c1. The number of benzene rings is 3. The van der Waals surface area contributed by atoms with Gasteiger partial charge in [-0.2, -0.15) is 0 Å². The van der Waals surface area contributed by atoms with Gasteiger partial charge in [-0.15, -0.1) is 0 Å². The van der Waals surface area contributed by atoms with Crippen molar-refractivity contribution in [2.45, 2.75) is 6.10 Å². The van der Waals surface area contributed by atoms with Crippen LogP contribution in [0.1, 0.15) is 17.2 Å². The van der Waals surface area contributed by atoms with E-state index in [0.717, 1.165) is 45.7 Å². The number of rotatable bonds is 5. The zero-order valence-electron chi connectivity index (χ0n) is 17.3. The number of hydrogen-bond donors (Lipinski definition) is 1. The number of nitrogens with zero attached hydrogens (tertiary/aromatic N) is 1. The number of hydrogen-bond acceptors (Lipinski definition) is 5. The topological polar surface area (TPSA) is 67.9 Å². The Hall–Kier alpha value is -3.19. The van der Waals surface area contributed by atoms with Gasteiger partial charge in [0.1, 0.15) is 17.6 Å². The first-order valence-corrected chi connectivity index (χ1v) is 11.4. The average Bonchev–Trinajstić information content (AvgIpc) is 2.71. The zero-order chi connectivity index (χ0) is 21.5. The summed E-state index contributed by atoms with van der Waals surface area (Å²) in [5, 5.41) is 0. The lowest BCUT2D eigenvalue weighted by atomic mass is 9.88. The molecule has 0 radical (unpaired) electrons. The van der Waals surface area contributed by atoms with Gasteiger partial charge in [0.25, 0.3) is 0 Å². The summed E-state index contributed by atoms with van der Waals surface area (Å²) in [4.78, 5) is 2.04. The molecule has 1 aliphatic rings. The first-order chi connectivity index (χ1) is 14.3. The Bertz CT molecular complexity index is 1210. The maximum atomic E-state index is 11.8. The third kappa shape index (κ3) is 3.80. The number of nitrogens with one attached hydrogen (secondary N) is 1. The average molecular weight is 425 g/mol. The summed E-state index contributed by atoms with van der Waals surface area (Å²) >= 11 is 0. The van der Waals surface area contributed by atoms with E-state index in [2.05, 4.69) is 4.72 Å². The van der Waals surface area contributed by atoms with Crippen molar-refractivity contribution < 1.29 is 17.9 Å². The van der Waals surface area contributed by atoms with Gasteiger partial charge in [0.15, 0.2) is 0 Å². The summed E-state index contributed by atoms with van der Waals surface area (Å²) in [5.41, 5.74) is 5.34. The van der Waals surface area contributed by atoms with Crippen molar-refractivity contribution in [1.82, 2.24) is 0 Å². The van der Waals surface area contributed by atoms with Gasteiger partial charge in [0.05, 0.1) is 13.4 Å². The highest BCUT2D eigenvalue weighted by Crippen LogP contribution is 2.49. The minimum absolute atomic E-state index is 0.402. The van der Waals surface area contributed by atoms with Crippen molar-refractivity contribution in [3.05, 3.63) is 71.8 Å². The Morgan fingerprint density at radius 1 is 1.03 bits per heavy atom. The molecule has 0 saturated carbocycles. The van der Waals surface area contributed by atoms with E-state index in [1.165, 1.54) is 0 Å². The molecule has 0 saturated heterocycles. The van der Waals surface area contributed by atoms with Crippen molar-refractivity contribution in [3.63, 3.8) is 0 Å². The molecule has 0 fully saturated rings. The van der Waals surface area contributed by atoms with Crippen LogP contribution >= 0.6 is 0 Å². The van der Waals surface area contributed by atoms with Crippen LogP contribution in [-0.4, -0.2) is 35.9 Å². The van der Waals surface area contributed by atoms with Crippen LogP contribution in [0.3, 0.4) is 0 Å². The highest BCUT2D eigenvalue weighted by atomic mass is 32.2. The van der Waals surface area contributed by atoms with Crippen LogP contribution in [0.2, 0.25) is 0 Å². The molecule has 1 heterocycles. The number of fused-ring (bicyclic) bond motifs is 3. The zero-order valence-corrected chi connectivity index (χ0v) is 18.2. The summed E-state index contributed by atoms with van der Waals surface area (Å²) in [6.07, 6.45) is 0.739. The van der Waals surface area contributed by atoms with Gasteiger partial charge in [-0.05, 0) is 42.0 Å². The molecule has 1 atom stereocenters. The lowest BCUT2D eigenvalue weighted by molar-refractivity contribution is 0.243. The lowest BCUT2D eigenvalue weighted by Crippen LogP contribution is -2.19. The van der Waals surface area contributed by atoms with Crippen LogP contribution in [0.4, 0.5) is 11.4 Å². The molecule has 0 aromatic heterocycles. The maximum absolute atomic E-state index is 11.8. The molecule has 0 bridgehead atoms. The van der Waals surface area contributed by atoms with E-state index in [4.69, 9.17) is 9.47 Å². The summed E-state index contributed by atoms with van der Waals surface area (Å²) < 4.78 is 38.0. The van der Waals surface area contributed by atoms with Gasteiger partial charge in [-0.1, -0.05) is 24.3 Å². The van der Waals surface area contributed by atoms with E-state index in [1.54, 1.807) is 13.2 Å². The second-order valence-corrected chi connectivity index (χ2v) is 9.24. The Labute approximate surface area is 177 Å². The predicted molar refractivity (Wildman–Crippen MR) is 120 cm³/mol. The molecule has 0 amide bonds.